The third kappa shape index (κ3) is 4.34. The van der Waals surface area contributed by atoms with Gasteiger partial charge in [0.2, 0.25) is 0 Å². The maximum Gasteiger partial charge on any atom is 0.433 e. The Balaban J connectivity index is 1.87. The lowest BCUT2D eigenvalue weighted by atomic mass is 10.1. The minimum Gasteiger partial charge on any atom is -0.497 e. The first-order valence-electron chi connectivity index (χ1n) is 9.37. The van der Waals surface area contributed by atoms with E-state index in [4.69, 9.17) is 16.3 Å². The highest BCUT2D eigenvalue weighted by molar-refractivity contribution is 6.37. The Labute approximate surface area is 195 Å². The number of ether oxygens (including phenoxy) is 1. The van der Waals surface area contributed by atoms with Gasteiger partial charge in [0.05, 0.1) is 12.8 Å². The molecule has 0 spiro atoms. The number of benzene rings is 2. The van der Waals surface area contributed by atoms with Gasteiger partial charge in [0.1, 0.15) is 16.5 Å². The van der Waals surface area contributed by atoms with Crippen molar-refractivity contribution in [1.82, 2.24) is 14.6 Å². The van der Waals surface area contributed by atoms with Crippen LogP contribution in [0.3, 0.4) is 0 Å². The predicted molar refractivity (Wildman–Crippen MR) is 109 cm³/mol. The van der Waals surface area contributed by atoms with Crippen molar-refractivity contribution in [3.8, 4) is 17.0 Å². The molecule has 1 N–H and O–H groups in total. The van der Waals surface area contributed by atoms with Crippen LogP contribution in [0.4, 0.5) is 36.4 Å². The lowest BCUT2D eigenvalue weighted by Gasteiger charge is -2.11. The van der Waals surface area contributed by atoms with Crippen molar-refractivity contribution in [3.63, 3.8) is 0 Å². The zero-order valence-corrected chi connectivity index (χ0v) is 17.9. The summed E-state index contributed by atoms with van der Waals surface area (Å²) in [4.78, 5) is 16.6. The molecule has 0 aliphatic rings. The molecule has 0 bridgehead atoms. The molecule has 182 valence electrons. The molecule has 4 aromatic rings. The van der Waals surface area contributed by atoms with Crippen molar-refractivity contribution in [2.75, 3.05) is 12.4 Å². The Hall–Kier alpha value is -3.87. The van der Waals surface area contributed by atoms with E-state index in [1.54, 1.807) is 11.4 Å². The minimum atomic E-state index is -5.00. The van der Waals surface area contributed by atoms with E-state index in [-0.39, 0.29) is 21.8 Å². The van der Waals surface area contributed by atoms with Gasteiger partial charge >= 0.3 is 6.18 Å². The van der Waals surface area contributed by atoms with E-state index in [0.29, 0.717) is 11.8 Å². The number of carbonyl (C=O) groups excluding carboxylic acids is 1. The van der Waals surface area contributed by atoms with Crippen LogP contribution in [0, 0.1) is 23.3 Å². The molecule has 2 heterocycles. The molecule has 2 aromatic heterocycles. The van der Waals surface area contributed by atoms with E-state index in [0.717, 1.165) is 0 Å². The number of alkyl halides is 3. The smallest absolute Gasteiger partial charge is 0.433 e. The summed E-state index contributed by atoms with van der Waals surface area (Å²) in [5.41, 5.74) is -4.44. The molecule has 0 saturated heterocycles. The Kier molecular flexibility index (Phi) is 6.05. The van der Waals surface area contributed by atoms with Crippen molar-refractivity contribution in [2.45, 2.75) is 6.18 Å². The molecular formula is C21H10ClF7N4O2. The summed E-state index contributed by atoms with van der Waals surface area (Å²) in [5, 5.41) is 4.31. The van der Waals surface area contributed by atoms with Crippen LogP contribution in [0.15, 0.2) is 36.4 Å². The fourth-order valence-electron chi connectivity index (χ4n) is 3.12. The quantitative estimate of drug-likeness (QED) is 0.270. The summed E-state index contributed by atoms with van der Waals surface area (Å²) in [6, 6.07) is 6.47. The number of halogens is 8. The van der Waals surface area contributed by atoms with Gasteiger partial charge in [-0.15, -0.1) is 0 Å². The molecule has 35 heavy (non-hydrogen) atoms. The Morgan fingerprint density at radius 1 is 1.06 bits per heavy atom. The number of rotatable bonds is 4. The standard InChI is InChI=1S/C21H10ClF7N4O2/c1-35-9-4-2-3-8(5-9)12-7-13(21(27,28)29)33-19(30-12)14(22)17(32-33)20(34)31-18-15(25)10(23)6-11(24)16(18)26/h2-7H,1H3,(H,31,34). The zero-order valence-electron chi connectivity index (χ0n) is 17.1. The number of anilines is 1. The van der Waals surface area contributed by atoms with Crippen LogP contribution < -0.4 is 10.1 Å². The molecule has 0 aliphatic carbocycles. The van der Waals surface area contributed by atoms with E-state index in [1.165, 1.54) is 25.3 Å². The third-order valence-electron chi connectivity index (χ3n) is 4.75. The highest BCUT2D eigenvalue weighted by atomic mass is 35.5. The van der Waals surface area contributed by atoms with Gasteiger partial charge < -0.3 is 10.1 Å². The molecular weight excluding hydrogens is 509 g/mol. The van der Waals surface area contributed by atoms with E-state index in [1.807, 2.05) is 0 Å². The molecule has 0 aliphatic heterocycles. The number of hydrogen-bond acceptors (Lipinski definition) is 4. The predicted octanol–water partition coefficient (Wildman–Crippen LogP) is 5.89. The summed E-state index contributed by atoms with van der Waals surface area (Å²) >= 11 is 6.07. The molecule has 6 nitrogen and oxygen atoms in total. The van der Waals surface area contributed by atoms with Gasteiger partial charge in [-0.25, -0.2) is 27.1 Å². The number of methoxy groups -OCH3 is 1. The van der Waals surface area contributed by atoms with Gasteiger partial charge in [0.15, 0.2) is 40.3 Å². The van der Waals surface area contributed by atoms with Crippen molar-refractivity contribution in [3.05, 3.63) is 76.1 Å². The third-order valence-corrected chi connectivity index (χ3v) is 5.10. The largest absolute Gasteiger partial charge is 0.497 e. The molecule has 0 radical (unpaired) electrons. The Morgan fingerprint density at radius 3 is 2.31 bits per heavy atom. The van der Waals surface area contributed by atoms with Gasteiger partial charge in [-0.1, -0.05) is 23.7 Å². The van der Waals surface area contributed by atoms with Crippen molar-refractivity contribution in [1.29, 1.82) is 0 Å². The van der Waals surface area contributed by atoms with Crippen LogP contribution in [0.25, 0.3) is 16.9 Å². The summed E-state index contributed by atoms with van der Waals surface area (Å²) in [6.45, 7) is 0. The molecule has 14 heteroatoms. The van der Waals surface area contributed by atoms with Crippen LogP contribution >= 0.6 is 11.6 Å². The molecule has 1 amide bonds. The lowest BCUT2D eigenvalue weighted by molar-refractivity contribution is -0.142. The number of carbonyl (C=O) groups is 1. The van der Waals surface area contributed by atoms with E-state index < -0.39 is 63.1 Å². The van der Waals surface area contributed by atoms with Gasteiger partial charge in [-0.05, 0) is 18.2 Å². The molecule has 2 aromatic carbocycles. The molecule has 0 atom stereocenters. The number of hydrogen-bond donors (Lipinski definition) is 1. The highest BCUT2D eigenvalue weighted by Gasteiger charge is 2.37. The molecule has 0 fully saturated rings. The Morgan fingerprint density at radius 2 is 1.71 bits per heavy atom. The minimum absolute atomic E-state index is 0.0855. The van der Waals surface area contributed by atoms with E-state index in [2.05, 4.69) is 10.1 Å². The summed E-state index contributed by atoms with van der Waals surface area (Å²) in [5.74, 6) is -8.73. The van der Waals surface area contributed by atoms with Gasteiger partial charge in [-0.3, -0.25) is 4.79 Å². The topological polar surface area (TPSA) is 68.5 Å². The normalized spacial score (nSPS) is 11.7. The van der Waals surface area contributed by atoms with Crippen LogP contribution in [-0.2, 0) is 6.18 Å². The van der Waals surface area contributed by atoms with Crippen LogP contribution in [0.2, 0.25) is 5.02 Å². The second-order valence-corrected chi connectivity index (χ2v) is 7.33. The van der Waals surface area contributed by atoms with Gasteiger partial charge in [-0.2, -0.15) is 18.3 Å². The average Bonchev–Trinajstić information content (AvgIpc) is 3.15. The number of aromatic nitrogens is 3. The monoisotopic (exact) mass is 518 g/mol. The first kappa shape index (κ1) is 24.3. The highest BCUT2D eigenvalue weighted by Crippen LogP contribution is 2.35. The van der Waals surface area contributed by atoms with E-state index >= 15 is 0 Å². The molecule has 0 saturated carbocycles. The molecule has 0 unspecified atom stereocenters. The first-order chi connectivity index (χ1) is 16.4. The van der Waals surface area contributed by atoms with Gasteiger partial charge in [0, 0.05) is 11.6 Å². The van der Waals surface area contributed by atoms with Crippen LogP contribution in [0.1, 0.15) is 16.2 Å². The second-order valence-electron chi connectivity index (χ2n) is 6.95. The van der Waals surface area contributed by atoms with E-state index in [9.17, 15) is 35.5 Å². The average molecular weight is 519 g/mol. The van der Waals surface area contributed by atoms with Gasteiger partial charge in [0.25, 0.3) is 5.91 Å². The Bertz CT molecular complexity index is 1460. The zero-order chi connectivity index (χ0) is 25.7. The van der Waals surface area contributed by atoms with Crippen LogP contribution in [0.5, 0.6) is 5.75 Å². The summed E-state index contributed by atoms with van der Waals surface area (Å²) in [7, 11) is 1.35. The maximum absolute atomic E-state index is 13.9. The van der Waals surface area contributed by atoms with Crippen molar-refractivity contribution in [2.24, 2.45) is 0 Å². The lowest BCUT2D eigenvalue weighted by Crippen LogP contribution is -2.18. The van der Waals surface area contributed by atoms with Crippen LogP contribution in [-0.4, -0.2) is 27.6 Å². The summed E-state index contributed by atoms with van der Waals surface area (Å²) < 4.78 is 101. The summed E-state index contributed by atoms with van der Waals surface area (Å²) in [6.07, 6.45) is -5.00. The second kappa shape index (κ2) is 8.73. The number of nitrogens with zero attached hydrogens (tertiary/aromatic N) is 3. The van der Waals surface area contributed by atoms with Crippen molar-refractivity contribution < 1.29 is 40.3 Å². The SMILES string of the molecule is COc1cccc(-c2cc(C(F)(F)F)n3nc(C(=O)Nc4c(F)c(F)cc(F)c4F)c(Cl)c3n2)c1. The molecule has 4 rings (SSSR count). The fourth-order valence-corrected chi connectivity index (χ4v) is 3.37. The first-order valence-corrected chi connectivity index (χ1v) is 9.75. The number of nitrogens with one attached hydrogen (secondary N) is 1. The van der Waals surface area contributed by atoms with Crippen molar-refractivity contribution >= 4 is 28.8 Å². The number of fused-ring (bicyclic) bond motifs is 1. The number of amides is 1. The maximum atomic E-state index is 13.9. The fraction of sp³-hybridized carbons (Fsp3) is 0.0952.